The summed E-state index contributed by atoms with van der Waals surface area (Å²) in [5.74, 6) is 1.41. The fourth-order valence-electron chi connectivity index (χ4n) is 3.78. The minimum absolute atomic E-state index is 0.140. The summed E-state index contributed by atoms with van der Waals surface area (Å²) in [5.41, 5.74) is 1.18. The number of likely N-dealkylation sites (tertiary alicyclic amines) is 1. The zero-order valence-electron chi connectivity index (χ0n) is 13.0. The van der Waals surface area contributed by atoms with E-state index < -0.39 is 0 Å². The summed E-state index contributed by atoms with van der Waals surface area (Å²) in [6.45, 7) is 4.67. The van der Waals surface area contributed by atoms with Gasteiger partial charge in [-0.2, -0.15) is 0 Å². The summed E-state index contributed by atoms with van der Waals surface area (Å²) >= 11 is 0. The Morgan fingerprint density at radius 2 is 1.95 bits per heavy atom. The molecule has 1 aromatic carbocycles. The lowest BCUT2D eigenvalue weighted by atomic mass is 9.89. The molecule has 0 radical (unpaired) electrons. The van der Waals surface area contributed by atoms with Crippen molar-refractivity contribution < 1.29 is 9.53 Å². The van der Waals surface area contributed by atoms with Crippen molar-refractivity contribution in [2.45, 2.75) is 31.8 Å². The molecule has 1 aliphatic carbocycles. The molecule has 2 saturated heterocycles. The molecule has 1 amide bonds. The molecule has 2 aliphatic heterocycles. The highest BCUT2D eigenvalue weighted by Crippen LogP contribution is 2.33. The molecule has 4 rings (SSSR count). The minimum Gasteiger partial charge on any atom is -0.449 e. The molecule has 22 heavy (non-hydrogen) atoms. The van der Waals surface area contributed by atoms with Crippen LogP contribution in [0.25, 0.3) is 0 Å². The van der Waals surface area contributed by atoms with E-state index in [1.807, 2.05) is 23.1 Å². The largest absolute Gasteiger partial charge is 0.449 e. The van der Waals surface area contributed by atoms with E-state index in [0.717, 1.165) is 25.4 Å². The Balaban J connectivity index is 1.48. The van der Waals surface area contributed by atoms with Gasteiger partial charge in [-0.3, -0.25) is 4.90 Å². The van der Waals surface area contributed by atoms with Crippen molar-refractivity contribution >= 4 is 6.09 Å². The Morgan fingerprint density at radius 3 is 2.73 bits per heavy atom. The third-order valence-corrected chi connectivity index (χ3v) is 5.27. The number of carbonyl (C=O) groups excluding carboxylic acids is 1. The smallest absolute Gasteiger partial charge is 0.410 e. The Morgan fingerprint density at radius 1 is 1.14 bits per heavy atom. The fraction of sp³-hybridized carbons (Fsp3) is 0.611. The third kappa shape index (κ3) is 2.98. The number of benzene rings is 1. The predicted molar refractivity (Wildman–Crippen MR) is 84.4 cm³/mol. The summed E-state index contributed by atoms with van der Waals surface area (Å²) < 4.78 is 5.43. The second-order valence-electron chi connectivity index (χ2n) is 7.01. The highest BCUT2D eigenvalue weighted by atomic mass is 16.6. The average molecular weight is 300 g/mol. The van der Waals surface area contributed by atoms with Gasteiger partial charge in [0.1, 0.15) is 0 Å². The zero-order valence-corrected chi connectivity index (χ0v) is 13.0. The number of hydrogen-bond donors (Lipinski definition) is 0. The van der Waals surface area contributed by atoms with E-state index >= 15 is 0 Å². The summed E-state index contributed by atoms with van der Waals surface area (Å²) in [4.78, 5) is 16.8. The lowest BCUT2D eigenvalue weighted by molar-refractivity contribution is -0.0318. The Bertz CT molecular complexity index is 529. The first kappa shape index (κ1) is 14.1. The number of hydrogen-bond acceptors (Lipinski definition) is 3. The highest BCUT2D eigenvalue weighted by Gasteiger charge is 2.41. The first-order valence-corrected chi connectivity index (χ1v) is 8.49. The van der Waals surface area contributed by atoms with E-state index in [9.17, 15) is 4.79 Å². The SMILES string of the molecule is O=C1OC[C@@H]2CCN(CC3CC3)C[C@H]2N1Cc1ccccc1. The zero-order chi connectivity index (χ0) is 14.9. The van der Waals surface area contributed by atoms with Gasteiger partial charge >= 0.3 is 6.09 Å². The van der Waals surface area contributed by atoms with Crippen LogP contribution in [-0.4, -0.2) is 48.2 Å². The molecule has 2 atom stereocenters. The first-order valence-electron chi connectivity index (χ1n) is 8.49. The van der Waals surface area contributed by atoms with Crippen LogP contribution < -0.4 is 0 Å². The summed E-state index contributed by atoms with van der Waals surface area (Å²) in [6, 6.07) is 10.6. The third-order valence-electron chi connectivity index (χ3n) is 5.27. The molecule has 3 aliphatic rings. The lowest BCUT2D eigenvalue weighted by Gasteiger charge is -2.46. The molecule has 0 spiro atoms. The summed E-state index contributed by atoms with van der Waals surface area (Å²) in [6.07, 6.45) is 3.79. The van der Waals surface area contributed by atoms with Crippen molar-refractivity contribution in [2.75, 3.05) is 26.2 Å². The molecule has 0 unspecified atom stereocenters. The maximum absolute atomic E-state index is 12.3. The van der Waals surface area contributed by atoms with Gasteiger partial charge in [-0.15, -0.1) is 0 Å². The number of nitrogens with zero attached hydrogens (tertiary/aromatic N) is 2. The molecular weight excluding hydrogens is 276 g/mol. The topological polar surface area (TPSA) is 32.8 Å². The van der Waals surface area contributed by atoms with Crippen LogP contribution in [-0.2, 0) is 11.3 Å². The van der Waals surface area contributed by atoms with Crippen LogP contribution in [0.1, 0.15) is 24.8 Å². The van der Waals surface area contributed by atoms with Crippen LogP contribution in [0.3, 0.4) is 0 Å². The number of ether oxygens (including phenoxy) is 1. The predicted octanol–water partition coefficient (Wildman–Crippen LogP) is 2.74. The number of rotatable bonds is 4. The van der Waals surface area contributed by atoms with E-state index in [2.05, 4.69) is 17.0 Å². The van der Waals surface area contributed by atoms with Gasteiger partial charge in [0.05, 0.1) is 12.6 Å². The lowest BCUT2D eigenvalue weighted by Crippen LogP contribution is -2.58. The number of cyclic esters (lactones) is 1. The van der Waals surface area contributed by atoms with E-state index in [4.69, 9.17) is 4.74 Å². The van der Waals surface area contributed by atoms with Crippen molar-refractivity contribution in [1.29, 1.82) is 0 Å². The van der Waals surface area contributed by atoms with Gasteiger partial charge < -0.3 is 9.64 Å². The van der Waals surface area contributed by atoms with E-state index in [0.29, 0.717) is 25.1 Å². The van der Waals surface area contributed by atoms with Crippen molar-refractivity contribution in [3.8, 4) is 0 Å². The molecule has 1 saturated carbocycles. The van der Waals surface area contributed by atoms with Crippen LogP contribution in [0.15, 0.2) is 30.3 Å². The van der Waals surface area contributed by atoms with Gasteiger partial charge in [-0.05, 0) is 37.3 Å². The van der Waals surface area contributed by atoms with Gasteiger partial charge in [-0.25, -0.2) is 4.79 Å². The Kier molecular flexibility index (Phi) is 3.78. The van der Waals surface area contributed by atoms with Crippen molar-refractivity contribution in [3.63, 3.8) is 0 Å². The van der Waals surface area contributed by atoms with Gasteiger partial charge in [0.25, 0.3) is 0 Å². The monoisotopic (exact) mass is 300 g/mol. The molecule has 118 valence electrons. The molecule has 2 heterocycles. The van der Waals surface area contributed by atoms with Crippen molar-refractivity contribution in [1.82, 2.24) is 9.80 Å². The maximum Gasteiger partial charge on any atom is 0.410 e. The standard InChI is InChI=1S/C18H24N2O2/c21-18-20(11-14-4-2-1-3-5-14)17-12-19(10-15-6-7-15)9-8-16(17)13-22-18/h1-5,15-17H,6-13H2/t16-,17+/m0/s1. The Labute approximate surface area is 132 Å². The molecule has 3 fully saturated rings. The van der Waals surface area contributed by atoms with Crippen LogP contribution in [0.4, 0.5) is 4.79 Å². The second-order valence-corrected chi connectivity index (χ2v) is 7.01. The van der Waals surface area contributed by atoms with Crippen LogP contribution in [0.5, 0.6) is 0 Å². The quantitative estimate of drug-likeness (QED) is 0.857. The van der Waals surface area contributed by atoms with Gasteiger partial charge in [0.2, 0.25) is 0 Å². The normalized spacial score (nSPS) is 29.1. The van der Waals surface area contributed by atoms with Gasteiger partial charge in [0.15, 0.2) is 0 Å². The van der Waals surface area contributed by atoms with Gasteiger partial charge in [-0.1, -0.05) is 30.3 Å². The van der Waals surface area contributed by atoms with Crippen molar-refractivity contribution in [3.05, 3.63) is 35.9 Å². The van der Waals surface area contributed by atoms with Crippen LogP contribution in [0.2, 0.25) is 0 Å². The molecule has 4 heteroatoms. The van der Waals surface area contributed by atoms with Crippen molar-refractivity contribution in [2.24, 2.45) is 11.8 Å². The van der Waals surface area contributed by atoms with E-state index in [-0.39, 0.29) is 6.09 Å². The Hall–Kier alpha value is -1.55. The summed E-state index contributed by atoms with van der Waals surface area (Å²) in [5, 5.41) is 0. The molecule has 0 aromatic heterocycles. The van der Waals surface area contributed by atoms with Crippen LogP contribution in [0, 0.1) is 11.8 Å². The molecular formula is C18H24N2O2. The number of fused-ring (bicyclic) bond motifs is 1. The maximum atomic E-state index is 12.3. The molecule has 0 bridgehead atoms. The molecule has 4 nitrogen and oxygen atoms in total. The second kappa shape index (κ2) is 5.92. The molecule has 0 N–H and O–H groups in total. The molecule has 1 aromatic rings. The van der Waals surface area contributed by atoms with E-state index in [1.165, 1.54) is 24.9 Å². The fourth-order valence-corrected chi connectivity index (χ4v) is 3.78. The van der Waals surface area contributed by atoms with E-state index in [1.54, 1.807) is 0 Å². The average Bonchev–Trinajstić information content (AvgIpc) is 3.35. The number of amides is 1. The number of carbonyl (C=O) groups is 1. The minimum atomic E-state index is -0.140. The first-order chi connectivity index (χ1) is 10.8. The number of piperidine rings is 1. The summed E-state index contributed by atoms with van der Waals surface area (Å²) in [7, 11) is 0. The van der Waals surface area contributed by atoms with Gasteiger partial charge in [0, 0.05) is 25.6 Å². The van der Waals surface area contributed by atoms with Crippen LogP contribution >= 0.6 is 0 Å². The highest BCUT2D eigenvalue weighted by molar-refractivity contribution is 5.69.